The second kappa shape index (κ2) is 5.54. The fourth-order valence-corrected chi connectivity index (χ4v) is 2.29. The molecule has 0 bridgehead atoms. The van der Waals surface area contributed by atoms with E-state index in [2.05, 4.69) is 27.1 Å². The molecule has 2 aromatic rings. The maximum atomic E-state index is 5.86. The van der Waals surface area contributed by atoms with E-state index in [1.165, 1.54) is 0 Å². The van der Waals surface area contributed by atoms with Crippen LogP contribution in [0, 0.1) is 6.92 Å². The minimum absolute atomic E-state index is 0.0425. The summed E-state index contributed by atoms with van der Waals surface area (Å²) in [6.07, 6.45) is 3.69. The number of aryl methyl sites for hydroxylation is 1. The van der Waals surface area contributed by atoms with Gasteiger partial charge < -0.3 is 10.5 Å². The van der Waals surface area contributed by atoms with Crippen LogP contribution in [-0.2, 0) is 0 Å². The number of halogens is 1. The van der Waals surface area contributed by atoms with E-state index in [1.807, 2.05) is 29.9 Å². The van der Waals surface area contributed by atoms with Crippen molar-refractivity contribution in [1.82, 2.24) is 9.78 Å². The molecular weight excluding hydrogens is 294 g/mol. The highest BCUT2D eigenvalue weighted by Gasteiger charge is 2.14. The number of hydrogen-bond donors (Lipinski definition) is 1. The minimum atomic E-state index is 0.0425. The van der Waals surface area contributed by atoms with Crippen molar-refractivity contribution in [3.8, 4) is 5.75 Å². The van der Waals surface area contributed by atoms with Gasteiger partial charge in [0.15, 0.2) is 0 Å². The maximum absolute atomic E-state index is 5.86. The lowest BCUT2D eigenvalue weighted by Gasteiger charge is -2.17. The van der Waals surface area contributed by atoms with Gasteiger partial charge in [0.25, 0.3) is 0 Å². The van der Waals surface area contributed by atoms with E-state index in [-0.39, 0.29) is 6.04 Å². The Bertz CT molecular complexity index is 539. The van der Waals surface area contributed by atoms with E-state index in [4.69, 9.17) is 10.5 Å². The van der Waals surface area contributed by atoms with Crippen LogP contribution in [0.15, 0.2) is 35.1 Å². The molecule has 2 N–H and O–H groups in total. The first-order valence-electron chi connectivity index (χ1n) is 5.70. The Morgan fingerprint density at radius 3 is 2.78 bits per heavy atom. The minimum Gasteiger partial charge on any atom is -0.496 e. The zero-order valence-corrected chi connectivity index (χ0v) is 12.0. The molecule has 96 valence electrons. The first-order chi connectivity index (χ1) is 8.65. The number of nitrogens with zero attached hydrogens (tertiary/aromatic N) is 2. The van der Waals surface area contributed by atoms with Gasteiger partial charge in [-0.25, -0.2) is 0 Å². The highest BCUT2D eigenvalue weighted by atomic mass is 79.9. The number of benzene rings is 1. The third-order valence-electron chi connectivity index (χ3n) is 2.92. The lowest BCUT2D eigenvalue weighted by atomic mass is 10.0. The highest BCUT2D eigenvalue weighted by Crippen LogP contribution is 2.24. The third kappa shape index (κ3) is 2.57. The summed E-state index contributed by atoms with van der Waals surface area (Å²) in [5, 5.41) is 4.29. The topological polar surface area (TPSA) is 53.1 Å². The molecule has 2 rings (SSSR count). The lowest BCUT2D eigenvalue weighted by molar-refractivity contribution is 0.411. The number of hydrogen-bond acceptors (Lipinski definition) is 3. The number of nitrogens with two attached hydrogens (primary N) is 1. The molecule has 0 aliphatic rings. The molecule has 0 spiro atoms. The van der Waals surface area contributed by atoms with E-state index >= 15 is 0 Å². The van der Waals surface area contributed by atoms with E-state index < -0.39 is 0 Å². The fraction of sp³-hybridized carbons (Fsp3) is 0.308. The largest absolute Gasteiger partial charge is 0.496 e. The zero-order chi connectivity index (χ0) is 13.1. The van der Waals surface area contributed by atoms with Crippen LogP contribution in [0.1, 0.15) is 17.2 Å². The number of ether oxygens (including phenoxy) is 1. The van der Waals surface area contributed by atoms with Crippen LogP contribution in [0.3, 0.4) is 0 Å². The quantitative estimate of drug-likeness (QED) is 0.944. The van der Waals surface area contributed by atoms with Crippen LogP contribution < -0.4 is 10.5 Å². The van der Waals surface area contributed by atoms with Gasteiger partial charge >= 0.3 is 0 Å². The fourth-order valence-electron chi connectivity index (χ4n) is 1.99. The molecule has 5 heteroatoms. The van der Waals surface area contributed by atoms with Gasteiger partial charge in [-0.15, -0.1) is 0 Å². The molecule has 1 aromatic carbocycles. The predicted octanol–water partition coefficient (Wildman–Crippen LogP) is 2.51. The Hall–Kier alpha value is -1.33. The molecule has 1 aromatic heterocycles. The second-order valence-corrected chi connectivity index (χ2v) is 5.03. The van der Waals surface area contributed by atoms with Gasteiger partial charge in [0.1, 0.15) is 5.75 Å². The second-order valence-electron chi connectivity index (χ2n) is 4.12. The first kappa shape index (κ1) is 13.1. The molecule has 1 atom stereocenters. The van der Waals surface area contributed by atoms with Gasteiger partial charge in [0, 0.05) is 12.7 Å². The summed E-state index contributed by atoms with van der Waals surface area (Å²) < 4.78 is 8.08. The SMILES string of the molecule is COc1ccc(C(CN)n2cc(Br)cn2)cc1C. The number of aromatic nitrogens is 2. The molecule has 0 aliphatic carbocycles. The molecule has 4 nitrogen and oxygen atoms in total. The molecule has 0 saturated carbocycles. The van der Waals surface area contributed by atoms with E-state index in [0.717, 1.165) is 21.3 Å². The molecule has 0 fully saturated rings. The van der Waals surface area contributed by atoms with Crippen molar-refractivity contribution in [2.45, 2.75) is 13.0 Å². The smallest absolute Gasteiger partial charge is 0.121 e. The molecular formula is C13H16BrN3O. The van der Waals surface area contributed by atoms with Gasteiger partial charge in [-0.1, -0.05) is 12.1 Å². The molecule has 18 heavy (non-hydrogen) atoms. The molecule has 0 saturated heterocycles. The van der Waals surface area contributed by atoms with Gasteiger partial charge in [0.2, 0.25) is 0 Å². The van der Waals surface area contributed by atoms with Crippen molar-refractivity contribution in [2.75, 3.05) is 13.7 Å². The Kier molecular flexibility index (Phi) is 4.04. The lowest BCUT2D eigenvalue weighted by Crippen LogP contribution is -2.21. The summed E-state index contributed by atoms with van der Waals surface area (Å²) in [4.78, 5) is 0. The summed E-state index contributed by atoms with van der Waals surface area (Å²) in [7, 11) is 1.67. The normalized spacial score (nSPS) is 12.4. The van der Waals surface area contributed by atoms with Crippen molar-refractivity contribution < 1.29 is 4.74 Å². The Morgan fingerprint density at radius 2 is 2.28 bits per heavy atom. The van der Waals surface area contributed by atoms with Gasteiger partial charge in [-0.3, -0.25) is 4.68 Å². The molecule has 0 aliphatic heterocycles. The van der Waals surface area contributed by atoms with Gasteiger partial charge in [0.05, 0.1) is 23.8 Å². The number of methoxy groups -OCH3 is 1. The van der Waals surface area contributed by atoms with Crippen LogP contribution >= 0.6 is 15.9 Å². The van der Waals surface area contributed by atoms with Crippen molar-refractivity contribution in [3.63, 3.8) is 0 Å². The Balaban J connectivity index is 2.36. The first-order valence-corrected chi connectivity index (χ1v) is 6.49. The van der Waals surface area contributed by atoms with Gasteiger partial charge in [-0.05, 0) is 40.0 Å². The van der Waals surface area contributed by atoms with Crippen LogP contribution in [0.2, 0.25) is 0 Å². The summed E-state index contributed by atoms with van der Waals surface area (Å²) in [6.45, 7) is 2.52. The molecule has 1 unspecified atom stereocenters. The average Bonchev–Trinajstić information content (AvgIpc) is 2.77. The predicted molar refractivity (Wildman–Crippen MR) is 74.9 cm³/mol. The summed E-state index contributed by atoms with van der Waals surface area (Å²) in [5.74, 6) is 0.885. The Morgan fingerprint density at radius 1 is 1.50 bits per heavy atom. The Labute approximate surface area is 115 Å². The van der Waals surface area contributed by atoms with E-state index in [9.17, 15) is 0 Å². The third-order valence-corrected chi connectivity index (χ3v) is 3.33. The summed E-state index contributed by atoms with van der Waals surface area (Å²) >= 11 is 3.40. The van der Waals surface area contributed by atoms with Crippen LogP contribution in [0.5, 0.6) is 5.75 Å². The molecule has 0 amide bonds. The standard InChI is InChI=1S/C13H16BrN3O/c1-9-5-10(3-4-13(9)18-2)12(6-15)17-8-11(14)7-16-17/h3-5,7-8,12H,6,15H2,1-2H3. The van der Waals surface area contributed by atoms with Crippen LogP contribution in [-0.4, -0.2) is 23.4 Å². The van der Waals surface area contributed by atoms with E-state index in [0.29, 0.717) is 6.54 Å². The molecule has 1 heterocycles. The van der Waals surface area contributed by atoms with Crippen LogP contribution in [0.4, 0.5) is 0 Å². The van der Waals surface area contributed by atoms with Crippen molar-refractivity contribution in [1.29, 1.82) is 0 Å². The van der Waals surface area contributed by atoms with Gasteiger partial charge in [-0.2, -0.15) is 5.10 Å². The monoisotopic (exact) mass is 309 g/mol. The van der Waals surface area contributed by atoms with Crippen molar-refractivity contribution in [3.05, 3.63) is 46.2 Å². The average molecular weight is 310 g/mol. The van der Waals surface area contributed by atoms with Crippen molar-refractivity contribution >= 4 is 15.9 Å². The molecule has 0 radical (unpaired) electrons. The maximum Gasteiger partial charge on any atom is 0.121 e. The summed E-state index contributed by atoms with van der Waals surface area (Å²) in [6, 6.07) is 6.12. The highest BCUT2D eigenvalue weighted by molar-refractivity contribution is 9.10. The zero-order valence-electron chi connectivity index (χ0n) is 10.4. The summed E-state index contributed by atoms with van der Waals surface area (Å²) in [5.41, 5.74) is 8.09. The van der Waals surface area contributed by atoms with E-state index in [1.54, 1.807) is 13.3 Å². The van der Waals surface area contributed by atoms with Crippen LogP contribution in [0.25, 0.3) is 0 Å². The van der Waals surface area contributed by atoms with Crippen molar-refractivity contribution in [2.24, 2.45) is 5.73 Å². The number of rotatable bonds is 4.